The first-order valence-electron chi connectivity index (χ1n) is 7.70. The molecule has 1 aromatic heterocycles. The maximum atomic E-state index is 4.62. The third kappa shape index (κ3) is 2.26. The number of nitrogens with one attached hydrogen (secondary N) is 1. The second-order valence-corrected chi connectivity index (χ2v) is 8.06. The molecule has 0 amide bonds. The van der Waals surface area contributed by atoms with Gasteiger partial charge in [-0.1, -0.05) is 45.0 Å². The van der Waals surface area contributed by atoms with Crippen LogP contribution in [0.1, 0.15) is 43.6 Å². The summed E-state index contributed by atoms with van der Waals surface area (Å²) in [7, 11) is 0. The van der Waals surface area contributed by atoms with E-state index in [1.54, 1.807) is 11.1 Å². The molecular formula is C17H21N3S. The summed E-state index contributed by atoms with van der Waals surface area (Å²) in [5.74, 6) is 3.35. The van der Waals surface area contributed by atoms with Crippen LogP contribution in [-0.4, -0.2) is 15.9 Å². The number of nitrogens with zero attached hydrogens (tertiary/aromatic N) is 2. The molecule has 1 aromatic carbocycles. The van der Waals surface area contributed by atoms with Crippen LogP contribution in [0.3, 0.4) is 0 Å². The van der Waals surface area contributed by atoms with Gasteiger partial charge in [0.25, 0.3) is 0 Å². The van der Waals surface area contributed by atoms with Crippen LogP contribution in [0.15, 0.2) is 24.3 Å². The van der Waals surface area contributed by atoms with E-state index in [-0.39, 0.29) is 5.41 Å². The van der Waals surface area contributed by atoms with Crippen LogP contribution in [-0.2, 0) is 11.8 Å². The third-order valence-corrected chi connectivity index (χ3v) is 5.46. The molecular weight excluding hydrogens is 278 g/mol. The SMILES string of the molecule is CC(C)(C)c1nsc(NCC2C3Cc4ccccc4C23)n1. The van der Waals surface area contributed by atoms with E-state index in [9.17, 15) is 0 Å². The number of anilines is 1. The van der Waals surface area contributed by atoms with Crippen molar-refractivity contribution in [1.29, 1.82) is 0 Å². The Labute approximate surface area is 130 Å². The summed E-state index contributed by atoms with van der Waals surface area (Å²) in [6.07, 6.45) is 1.26. The monoisotopic (exact) mass is 299 g/mol. The molecule has 1 heterocycles. The van der Waals surface area contributed by atoms with E-state index in [1.807, 2.05) is 0 Å². The van der Waals surface area contributed by atoms with Crippen molar-refractivity contribution in [3.05, 3.63) is 41.2 Å². The maximum absolute atomic E-state index is 4.62. The predicted octanol–water partition coefficient (Wildman–Crippen LogP) is 3.83. The van der Waals surface area contributed by atoms with E-state index in [0.717, 1.165) is 35.3 Å². The lowest BCUT2D eigenvalue weighted by atomic mass is 9.96. The fourth-order valence-electron chi connectivity index (χ4n) is 3.57. The molecule has 3 nitrogen and oxygen atoms in total. The van der Waals surface area contributed by atoms with Gasteiger partial charge in [-0.25, -0.2) is 4.98 Å². The lowest BCUT2D eigenvalue weighted by Crippen LogP contribution is -2.13. The minimum absolute atomic E-state index is 0.0332. The number of hydrogen-bond acceptors (Lipinski definition) is 4. The average molecular weight is 299 g/mol. The van der Waals surface area contributed by atoms with Crippen molar-refractivity contribution in [3.63, 3.8) is 0 Å². The highest BCUT2D eigenvalue weighted by molar-refractivity contribution is 7.09. The first-order valence-corrected chi connectivity index (χ1v) is 8.47. The molecule has 2 aliphatic rings. The number of benzene rings is 1. The zero-order valence-corrected chi connectivity index (χ0v) is 13.6. The zero-order valence-electron chi connectivity index (χ0n) is 12.8. The van der Waals surface area contributed by atoms with Crippen molar-refractivity contribution in [2.75, 3.05) is 11.9 Å². The molecule has 4 heteroatoms. The summed E-state index contributed by atoms with van der Waals surface area (Å²) in [6.45, 7) is 7.49. The van der Waals surface area contributed by atoms with Gasteiger partial charge in [-0.3, -0.25) is 0 Å². The van der Waals surface area contributed by atoms with E-state index < -0.39 is 0 Å². The fourth-order valence-corrected chi connectivity index (χ4v) is 4.33. The van der Waals surface area contributed by atoms with Gasteiger partial charge in [0.05, 0.1) is 0 Å². The van der Waals surface area contributed by atoms with E-state index >= 15 is 0 Å². The Kier molecular flexibility index (Phi) is 2.86. The molecule has 1 N–H and O–H groups in total. The van der Waals surface area contributed by atoms with Gasteiger partial charge < -0.3 is 5.32 Å². The highest BCUT2D eigenvalue weighted by atomic mass is 32.1. The van der Waals surface area contributed by atoms with E-state index in [4.69, 9.17) is 0 Å². The van der Waals surface area contributed by atoms with Gasteiger partial charge in [-0.2, -0.15) is 4.37 Å². The number of rotatable bonds is 3. The predicted molar refractivity (Wildman–Crippen MR) is 87.0 cm³/mol. The minimum atomic E-state index is 0.0332. The Morgan fingerprint density at radius 1 is 1.29 bits per heavy atom. The molecule has 0 radical (unpaired) electrons. The van der Waals surface area contributed by atoms with Crippen molar-refractivity contribution < 1.29 is 0 Å². The highest BCUT2D eigenvalue weighted by Crippen LogP contribution is 2.61. The Balaban J connectivity index is 1.39. The van der Waals surface area contributed by atoms with Gasteiger partial charge in [-0.15, -0.1) is 0 Å². The summed E-state index contributed by atoms with van der Waals surface area (Å²) < 4.78 is 4.46. The highest BCUT2D eigenvalue weighted by Gasteiger charge is 2.54. The Morgan fingerprint density at radius 2 is 2.10 bits per heavy atom. The van der Waals surface area contributed by atoms with Crippen LogP contribution >= 0.6 is 11.5 Å². The summed E-state index contributed by atoms with van der Waals surface area (Å²) >= 11 is 1.49. The second kappa shape index (κ2) is 4.54. The van der Waals surface area contributed by atoms with Crippen molar-refractivity contribution in [1.82, 2.24) is 9.36 Å². The lowest BCUT2D eigenvalue weighted by molar-refractivity contribution is 0.555. The molecule has 0 aliphatic heterocycles. The smallest absolute Gasteiger partial charge is 0.202 e. The molecule has 1 fully saturated rings. The summed E-state index contributed by atoms with van der Waals surface area (Å²) in [5, 5.41) is 4.47. The first-order chi connectivity index (χ1) is 10.0. The van der Waals surface area contributed by atoms with Crippen LogP contribution in [0, 0.1) is 11.8 Å². The van der Waals surface area contributed by atoms with Crippen LogP contribution in [0.4, 0.5) is 5.13 Å². The number of fused-ring (bicyclic) bond motifs is 3. The standard InChI is InChI=1S/C17H21N3S/c1-17(2,3)15-19-16(21-20-15)18-9-13-12-8-10-6-4-5-7-11(10)14(12)13/h4-7,12-14H,8-9H2,1-3H3,(H,18,19,20). The quantitative estimate of drug-likeness (QED) is 0.936. The van der Waals surface area contributed by atoms with Crippen LogP contribution in [0.2, 0.25) is 0 Å². The zero-order chi connectivity index (χ0) is 14.6. The Hall–Kier alpha value is -1.42. The number of hydrogen-bond donors (Lipinski definition) is 1. The fraction of sp³-hybridized carbons (Fsp3) is 0.529. The van der Waals surface area contributed by atoms with Crippen molar-refractivity contribution in [3.8, 4) is 0 Å². The molecule has 1 saturated carbocycles. The lowest BCUT2D eigenvalue weighted by Gasteiger charge is -2.12. The van der Waals surface area contributed by atoms with Gasteiger partial charge in [0.1, 0.15) is 5.82 Å². The average Bonchev–Trinajstić information content (AvgIpc) is 2.83. The van der Waals surface area contributed by atoms with Gasteiger partial charge in [0, 0.05) is 23.5 Å². The van der Waals surface area contributed by atoms with Crippen molar-refractivity contribution >= 4 is 16.7 Å². The van der Waals surface area contributed by atoms with Gasteiger partial charge in [-0.05, 0) is 35.3 Å². The van der Waals surface area contributed by atoms with Crippen LogP contribution in [0.25, 0.3) is 0 Å². The number of aromatic nitrogens is 2. The molecule has 3 atom stereocenters. The largest absolute Gasteiger partial charge is 0.360 e. The molecule has 2 aliphatic carbocycles. The molecule has 21 heavy (non-hydrogen) atoms. The molecule has 0 bridgehead atoms. The van der Waals surface area contributed by atoms with Gasteiger partial charge >= 0.3 is 0 Å². The summed E-state index contributed by atoms with van der Waals surface area (Å²) in [4.78, 5) is 4.62. The molecule has 3 unspecified atom stereocenters. The van der Waals surface area contributed by atoms with E-state index in [0.29, 0.717) is 0 Å². The van der Waals surface area contributed by atoms with Gasteiger partial charge in [0.2, 0.25) is 5.13 Å². The summed E-state index contributed by atoms with van der Waals surface area (Å²) in [5.41, 5.74) is 3.18. The maximum Gasteiger partial charge on any atom is 0.202 e. The molecule has 0 spiro atoms. The van der Waals surface area contributed by atoms with Crippen LogP contribution in [0.5, 0.6) is 0 Å². The topological polar surface area (TPSA) is 37.8 Å². The Morgan fingerprint density at radius 3 is 2.86 bits per heavy atom. The summed E-state index contributed by atoms with van der Waals surface area (Å²) in [6, 6.07) is 8.92. The molecule has 110 valence electrons. The van der Waals surface area contributed by atoms with E-state index in [2.05, 4.69) is 59.7 Å². The van der Waals surface area contributed by atoms with Crippen molar-refractivity contribution in [2.45, 2.75) is 38.5 Å². The molecule has 2 aromatic rings. The normalized spacial score (nSPS) is 26.3. The van der Waals surface area contributed by atoms with Crippen molar-refractivity contribution in [2.24, 2.45) is 11.8 Å². The molecule has 4 rings (SSSR count). The van der Waals surface area contributed by atoms with Crippen LogP contribution < -0.4 is 5.32 Å². The second-order valence-electron chi connectivity index (χ2n) is 7.31. The molecule has 0 saturated heterocycles. The minimum Gasteiger partial charge on any atom is -0.360 e. The first kappa shape index (κ1) is 13.3. The Bertz CT molecular complexity index is 671. The third-order valence-electron chi connectivity index (χ3n) is 4.79. The van der Waals surface area contributed by atoms with Gasteiger partial charge in [0.15, 0.2) is 0 Å². The van der Waals surface area contributed by atoms with E-state index in [1.165, 1.54) is 18.0 Å².